The molecular weight excluding hydrogens is 282 g/mol. The van der Waals surface area contributed by atoms with Crippen molar-refractivity contribution in [1.82, 2.24) is 10.6 Å². The maximum absolute atomic E-state index is 12.5. The normalized spacial score (nSPS) is 16.8. The van der Waals surface area contributed by atoms with Crippen LogP contribution in [0.4, 0.5) is 5.69 Å². The van der Waals surface area contributed by atoms with Crippen molar-refractivity contribution in [2.24, 2.45) is 0 Å². The second kappa shape index (κ2) is 7.38. The first-order chi connectivity index (χ1) is 10.6. The maximum Gasteiger partial charge on any atom is 0.252 e. The Labute approximate surface area is 130 Å². The van der Waals surface area contributed by atoms with Crippen molar-refractivity contribution in [1.29, 1.82) is 0 Å². The van der Waals surface area contributed by atoms with Gasteiger partial charge in [-0.05, 0) is 43.6 Å². The van der Waals surface area contributed by atoms with Gasteiger partial charge in [0.2, 0.25) is 5.91 Å². The molecule has 6 nitrogen and oxygen atoms in total. The molecule has 1 saturated heterocycles. The second-order valence-electron chi connectivity index (χ2n) is 5.51. The van der Waals surface area contributed by atoms with Gasteiger partial charge in [-0.3, -0.25) is 9.59 Å². The van der Waals surface area contributed by atoms with E-state index in [-0.39, 0.29) is 11.8 Å². The minimum absolute atomic E-state index is 0.0820. The van der Waals surface area contributed by atoms with Crippen LogP contribution in [0.5, 0.6) is 0 Å². The molecule has 1 fully saturated rings. The Bertz CT molecular complexity index is 539. The minimum atomic E-state index is -0.736. The molecule has 2 amide bonds. The van der Waals surface area contributed by atoms with E-state index in [4.69, 9.17) is 4.74 Å². The number of nitrogens with one attached hydrogen (secondary N) is 3. The van der Waals surface area contributed by atoms with Gasteiger partial charge >= 0.3 is 0 Å². The number of hydrogen-bond donors (Lipinski definition) is 3. The second-order valence-corrected chi connectivity index (χ2v) is 5.51. The minimum Gasteiger partial charge on any atom is -0.368 e. The van der Waals surface area contributed by atoms with E-state index < -0.39 is 5.60 Å². The highest BCUT2D eigenvalue weighted by atomic mass is 16.5. The summed E-state index contributed by atoms with van der Waals surface area (Å²) in [6.07, 6.45) is 1.34. The van der Waals surface area contributed by atoms with E-state index in [1.165, 1.54) is 6.92 Å². The van der Waals surface area contributed by atoms with Crippen molar-refractivity contribution < 1.29 is 14.3 Å². The first kappa shape index (κ1) is 16.5. The molecule has 120 valence electrons. The van der Waals surface area contributed by atoms with Gasteiger partial charge in [-0.2, -0.15) is 0 Å². The van der Waals surface area contributed by atoms with E-state index in [0.29, 0.717) is 19.4 Å². The van der Waals surface area contributed by atoms with Crippen LogP contribution < -0.4 is 16.0 Å². The zero-order valence-electron chi connectivity index (χ0n) is 13.1. The molecule has 0 radical (unpaired) electrons. The smallest absolute Gasteiger partial charge is 0.252 e. The van der Waals surface area contributed by atoms with Gasteiger partial charge in [-0.1, -0.05) is 12.1 Å². The lowest BCUT2D eigenvalue weighted by Gasteiger charge is -2.34. The SMILES string of the molecule is COC1(C(=O)NCc2cccc(NC(C)=O)c2)CCNCC1. The molecule has 0 aromatic heterocycles. The van der Waals surface area contributed by atoms with Gasteiger partial charge in [0, 0.05) is 26.3 Å². The summed E-state index contributed by atoms with van der Waals surface area (Å²) in [5, 5.41) is 8.89. The summed E-state index contributed by atoms with van der Waals surface area (Å²) in [7, 11) is 1.59. The van der Waals surface area contributed by atoms with E-state index in [1.54, 1.807) is 7.11 Å². The largest absolute Gasteiger partial charge is 0.368 e. The van der Waals surface area contributed by atoms with Crippen LogP contribution >= 0.6 is 0 Å². The highest BCUT2D eigenvalue weighted by Crippen LogP contribution is 2.22. The van der Waals surface area contributed by atoms with Crippen molar-refractivity contribution >= 4 is 17.5 Å². The average molecular weight is 305 g/mol. The predicted octanol–water partition coefficient (Wildman–Crippen LogP) is 1.03. The number of benzene rings is 1. The van der Waals surface area contributed by atoms with Crippen LogP contribution in [-0.4, -0.2) is 37.6 Å². The monoisotopic (exact) mass is 305 g/mol. The number of carbonyl (C=O) groups excluding carboxylic acids is 2. The lowest BCUT2D eigenvalue weighted by molar-refractivity contribution is -0.146. The van der Waals surface area contributed by atoms with Gasteiger partial charge in [0.05, 0.1) is 0 Å². The molecule has 0 atom stereocenters. The van der Waals surface area contributed by atoms with Gasteiger partial charge < -0.3 is 20.7 Å². The fourth-order valence-corrected chi connectivity index (χ4v) is 2.66. The molecule has 0 unspecified atom stereocenters. The van der Waals surface area contributed by atoms with Crippen LogP contribution in [0.2, 0.25) is 0 Å². The Morgan fingerprint density at radius 2 is 2.05 bits per heavy atom. The van der Waals surface area contributed by atoms with Crippen molar-refractivity contribution in [3.05, 3.63) is 29.8 Å². The number of ether oxygens (including phenoxy) is 1. The van der Waals surface area contributed by atoms with E-state index in [1.807, 2.05) is 24.3 Å². The maximum atomic E-state index is 12.5. The van der Waals surface area contributed by atoms with Crippen molar-refractivity contribution in [2.45, 2.75) is 31.9 Å². The molecule has 1 aromatic carbocycles. The summed E-state index contributed by atoms with van der Waals surface area (Å²) < 4.78 is 5.50. The molecule has 1 aliphatic rings. The number of rotatable bonds is 5. The third-order valence-electron chi connectivity index (χ3n) is 3.92. The van der Waals surface area contributed by atoms with Crippen LogP contribution in [-0.2, 0) is 20.9 Å². The lowest BCUT2D eigenvalue weighted by atomic mass is 9.91. The summed E-state index contributed by atoms with van der Waals surface area (Å²) in [5.74, 6) is -0.198. The van der Waals surface area contributed by atoms with Gasteiger partial charge in [0.1, 0.15) is 5.60 Å². The first-order valence-corrected chi connectivity index (χ1v) is 7.46. The zero-order chi connectivity index (χ0) is 16.0. The molecular formula is C16H23N3O3. The van der Waals surface area contributed by atoms with Crippen LogP contribution in [0.15, 0.2) is 24.3 Å². The van der Waals surface area contributed by atoms with E-state index in [9.17, 15) is 9.59 Å². The fourth-order valence-electron chi connectivity index (χ4n) is 2.66. The summed E-state index contributed by atoms with van der Waals surface area (Å²) >= 11 is 0. The number of hydrogen-bond acceptors (Lipinski definition) is 4. The zero-order valence-corrected chi connectivity index (χ0v) is 13.1. The average Bonchev–Trinajstić information content (AvgIpc) is 2.53. The number of piperidine rings is 1. The quantitative estimate of drug-likeness (QED) is 0.759. The molecule has 1 heterocycles. The van der Waals surface area contributed by atoms with Gasteiger partial charge in [0.15, 0.2) is 0 Å². The molecule has 0 aliphatic carbocycles. The molecule has 0 spiro atoms. The molecule has 1 aliphatic heterocycles. The van der Waals surface area contributed by atoms with E-state index in [2.05, 4.69) is 16.0 Å². The highest BCUT2D eigenvalue weighted by molar-refractivity contribution is 5.88. The Kier molecular flexibility index (Phi) is 5.51. The summed E-state index contributed by atoms with van der Waals surface area (Å²) in [4.78, 5) is 23.5. The predicted molar refractivity (Wildman–Crippen MR) is 84.4 cm³/mol. The summed E-state index contributed by atoms with van der Waals surface area (Å²) in [6, 6.07) is 7.43. The van der Waals surface area contributed by atoms with Gasteiger partial charge in [-0.15, -0.1) is 0 Å². The lowest BCUT2D eigenvalue weighted by Crippen LogP contribution is -2.53. The molecule has 0 saturated carbocycles. The fraction of sp³-hybridized carbons (Fsp3) is 0.500. The summed E-state index contributed by atoms with van der Waals surface area (Å²) in [6.45, 7) is 3.43. The molecule has 22 heavy (non-hydrogen) atoms. The Morgan fingerprint density at radius 1 is 1.32 bits per heavy atom. The van der Waals surface area contributed by atoms with E-state index in [0.717, 1.165) is 24.3 Å². The summed E-state index contributed by atoms with van der Waals surface area (Å²) in [5.41, 5.74) is 0.919. The Balaban J connectivity index is 1.97. The third-order valence-corrected chi connectivity index (χ3v) is 3.92. The molecule has 0 bridgehead atoms. The van der Waals surface area contributed by atoms with Crippen molar-refractivity contribution in [2.75, 3.05) is 25.5 Å². The number of anilines is 1. The van der Waals surface area contributed by atoms with Crippen LogP contribution in [0.3, 0.4) is 0 Å². The van der Waals surface area contributed by atoms with Crippen molar-refractivity contribution in [3.8, 4) is 0 Å². The number of carbonyl (C=O) groups is 2. The van der Waals surface area contributed by atoms with Crippen LogP contribution in [0, 0.1) is 0 Å². The van der Waals surface area contributed by atoms with Crippen LogP contribution in [0.25, 0.3) is 0 Å². The molecule has 3 N–H and O–H groups in total. The van der Waals surface area contributed by atoms with Gasteiger partial charge in [-0.25, -0.2) is 0 Å². The Hall–Kier alpha value is -1.92. The Morgan fingerprint density at radius 3 is 2.68 bits per heavy atom. The number of methoxy groups -OCH3 is 1. The molecule has 1 aromatic rings. The van der Waals surface area contributed by atoms with E-state index >= 15 is 0 Å². The first-order valence-electron chi connectivity index (χ1n) is 7.46. The van der Waals surface area contributed by atoms with Crippen molar-refractivity contribution in [3.63, 3.8) is 0 Å². The molecule has 2 rings (SSSR count). The number of amides is 2. The van der Waals surface area contributed by atoms with Crippen LogP contribution in [0.1, 0.15) is 25.3 Å². The van der Waals surface area contributed by atoms with Gasteiger partial charge in [0.25, 0.3) is 5.91 Å². The molecule has 6 heteroatoms. The standard InChI is InChI=1S/C16H23N3O3/c1-12(20)19-14-5-3-4-13(10-14)11-18-15(21)16(22-2)6-8-17-9-7-16/h3-5,10,17H,6-9,11H2,1-2H3,(H,18,21)(H,19,20). The third kappa shape index (κ3) is 4.05. The highest BCUT2D eigenvalue weighted by Gasteiger charge is 2.39. The topological polar surface area (TPSA) is 79.5 Å².